The van der Waals surface area contributed by atoms with E-state index in [2.05, 4.69) is 15.0 Å². The first-order chi connectivity index (χ1) is 5.47. The molecule has 2 rings (SSSR count). The zero-order valence-electron chi connectivity index (χ0n) is 8.48. The standard InChI is InChI=1S/C5H3N3S.C2H6.CH3.K/c1-4-5(7-2-6-1)9-3-8-4;1-2;;/h1-3H;1-2H3;1H3;/q;;-1;+1. The molecule has 0 saturated heterocycles. The van der Waals surface area contributed by atoms with Crippen molar-refractivity contribution in [3.05, 3.63) is 25.5 Å². The molecule has 0 amide bonds. The fraction of sp³-hybridized carbons (Fsp3) is 0.250. The van der Waals surface area contributed by atoms with Gasteiger partial charge in [-0.05, 0) is 0 Å². The summed E-state index contributed by atoms with van der Waals surface area (Å²) in [6.45, 7) is 4.00. The first-order valence-electron chi connectivity index (χ1n) is 3.46. The zero-order valence-corrected chi connectivity index (χ0v) is 12.4. The summed E-state index contributed by atoms with van der Waals surface area (Å²) in [5.41, 5.74) is 2.64. The summed E-state index contributed by atoms with van der Waals surface area (Å²) in [5.74, 6) is 0. The molecule has 0 spiro atoms. The maximum absolute atomic E-state index is 4.01. The van der Waals surface area contributed by atoms with Gasteiger partial charge in [-0.1, -0.05) is 13.8 Å². The van der Waals surface area contributed by atoms with Crippen LogP contribution in [0.3, 0.4) is 0 Å². The Morgan fingerprint density at radius 1 is 1.23 bits per heavy atom. The van der Waals surface area contributed by atoms with Crippen LogP contribution >= 0.6 is 11.3 Å². The second-order valence-corrected chi connectivity index (χ2v) is 2.40. The molecule has 0 atom stereocenters. The van der Waals surface area contributed by atoms with Gasteiger partial charge in [0.05, 0.1) is 11.7 Å². The molecular weight excluding hydrogens is 209 g/mol. The van der Waals surface area contributed by atoms with Gasteiger partial charge < -0.3 is 7.43 Å². The Morgan fingerprint density at radius 2 is 1.92 bits per heavy atom. The van der Waals surface area contributed by atoms with E-state index in [0.29, 0.717) is 0 Å². The summed E-state index contributed by atoms with van der Waals surface area (Å²) < 4.78 is 0. The smallest absolute Gasteiger partial charge is 0.358 e. The van der Waals surface area contributed by atoms with Crippen molar-refractivity contribution in [3.8, 4) is 0 Å². The summed E-state index contributed by atoms with van der Waals surface area (Å²) in [6.07, 6.45) is 3.24. The van der Waals surface area contributed by atoms with Crippen molar-refractivity contribution >= 4 is 21.7 Å². The Morgan fingerprint density at radius 3 is 2.54 bits per heavy atom. The number of fused-ring (bicyclic) bond motifs is 1. The molecule has 2 aromatic heterocycles. The summed E-state index contributed by atoms with van der Waals surface area (Å²) in [4.78, 5) is 12.8. The Labute approximate surface area is 125 Å². The van der Waals surface area contributed by atoms with Crippen molar-refractivity contribution in [2.75, 3.05) is 0 Å². The fourth-order valence-electron chi connectivity index (χ4n) is 0.623. The third kappa shape index (κ3) is 4.57. The van der Waals surface area contributed by atoms with Crippen LogP contribution in [-0.2, 0) is 0 Å². The zero-order chi connectivity index (χ0) is 8.10. The third-order valence-electron chi connectivity index (χ3n) is 1.01. The van der Waals surface area contributed by atoms with Crippen molar-refractivity contribution < 1.29 is 51.4 Å². The monoisotopic (exact) mass is 221 g/mol. The number of thiazole rings is 1. The van der Waals surface area contributed by atoms with Gasteiger partial charge in [-0.15, -0.1) is 11.3 Å². The van der Waals surface area contributed by atoms with Crippen LogP contribution in [0.25, 0.3) is 10.3 Å². The van der Waals surface area contributed by atoms with Gasteiger partial charge in [0.1, 0.15) is 16.7 Å². The van der Waals surface area contributed by atoms with Crippen molar-refractivity contribution in [1.29, 1.82) is 0 Å². The Balaban J connectivity index is 0. The van der Waals surface area contributed by atoms with E-state index >= 15 is 0 Å². The molecule has 0 aliphatic carbocycles. The Hall–Kier alpha value is 0.606. The number of hydrogen-bond acceptors (Lipinski definition) is 4. The van der Waals surface area contributed by atoms with E-state index < -0.39 is 0 Å². The molecule has 3 nitrogen and oxygen atoms in total. The molecular formula is C8H12KN3S. The van der Waals surface area contributed by atoms with Gasteiger partial charge in [-0.25, -0.2) is 15.0 Å². The first kappa shape index (κ1) is 16.1. The van der Waals surface area contributed by atoms with Gasteiger partial charge in [0, 0.05) is 0 Å². The van der Waals surface area contributed by atoms with Gasteiger partial charge in [-0.2, -0.15) is 0 Å². The quantitative estimate of drug-likeness (QED) is 0.447. The van der Waals surface area contributed by atoms with Crippen LogP contribution in [0.2, 0.25) is 0 Å². The van der Waals surface area contributed by atoms with Crippen molar-refractivity contribution in [3.63, 3.8) is 0 Å². The first-order valence-corrected chi connectivity index (χ1v) is 4.34. The number of aromatic nitrogens is 3. The molecule has 0 unspecified atom stereocenters. The van der Waals surface area contributed by atoms with E-state index in [9.17, 15) is 0 Å². The number of rotatable bonds is 0. The van der Waals surface area contributed by atoms with Crippen LogP contribution in [-0.4, -0.2) is 15.0 Å². The van der Waals surface area contributed by atoms with Crippen LogP contribution in [0.1, 0.15) is 13.8 Å². The van der Waals surface area contributed by atoms with E-state index in [1.807, 2.05) is 13.8 Å². The van der Waals surface area contributed by atoms with Gasteiger partial charge in [0.25, 0.3) is 0 Å². The largest absolute Gasteiger partial charge is 1.00 e. The van der Waals surface area contributed by atoms with E-state index in [1.165, 1.54) is 17.7 Å². The third-order valence-corrected chi connectivity index (χ3v) is 1.76. The minimum Gasteiger partial charge on any atom is -0.358 e. The van der Waals surface area contributed by atoms with E-state index in [0.717, 1.165) is 10.3 Å². The molecule has 2 aromatic rings. The van der Waals surface area contributed by atoms with E-state index in [4.69, 9.17) is 0 Å². The van der Waals surface area contributed by atoms with Gasteiger partial charge in [-0.3, -0.25) is 0 Å². The molecule has 0 fully saturated rings. The van der Waals surface area contributed by atoms with Crippen LogP contribution < -0.4 is 51.4 Å². The molecule has 0 aliphatic heterocycles. The molecule has 0 saturated carbocycles. The van der Waals surface area contributed by atoms with Crippen molar-refractivity contribution in [2.45, 2.75) is 13.8 Å². The molecule has 0 N–H and O–H groups in total. The Bertz CT molecular complexity index is 293. The SMILES string of the molecule is CC.[CH3-].[K+].c1ncc2ncsc2n1. The maximum atomic E-state index is 4.01. The van der Waals surface area contributed by atoms with Crippen molar-refractivity contribution in [2.24, 2.45) is 0 Å². The van der Waals surface area contributed by atoms with Crippen molar-refractivity contribution in [1.82, 2.24) is 15.0 Å². The van der Waals surface area contributed by atoms with E-state index in [1.54, 1.807) is 11.7 Å². The summed E-state index contributed by atoms with van der Waals surface area (Å²) in [7, 11) is 0. The minimum absolute atomic E-state index is 0. The average molecular weight is 221 g/mol. The molecule has 0 bridgehead atoms. The Kier molecular flexibility index (Phi) is 11.3. The average Bonchev–Trinajstić information content (AvgIpc) is 2.55. The molecule has 0 aliphatic rings. The van der Waals surface area contributed by atoms with Gasteiger partial charge >= 0.3 is 51.4 Å². The van der Waals surface area contributed by atoms with Crippen LogP contribution in [0.5, 0.6) is 0 Å². The molecule has 66 valence electrons. The van der Waals surface area contributed by atoms with Crippen LogP contribution in [0.15, 0.2) is 18.0 Å². The van der Waals surface area contributed by atoms with Gasteiger partial charge in [0.2, 0.25) is 0 Å². The second kappa shape index (κ2) is 9.17. The molecule has 2 heterocycles. The summed E-state index contributed by atoms with van der Waals surface area (Å²) in [5, 5.41) is 0. The van der Waals surface area contributed by atoms with E-state index in [-0.39, 0.29) is 58.8 Å². The molecule has 5 heteroatoms. The second-order valence-electron chi connectivity index (χ2n) is 1.57. The van der Waals surface area contributed by atoms with Crippen LogP contribution in [0, 0.1) is 7.43 Å². The molecule has 0 radical (unpaired) electrons. The van der Waals surface area contributed by atoms with Crippen LogP contribution in [0.4, 0.5) is 0 Å². The maximum Gasteiger partial charge on any atom is 1.00 e. The minimum atomic E-state index is 0. The predicted molar refractivity (Wildman–Crippen MR) is 53.0 cm³/mol. The number of nitrogens with zero attached hydrogens (tertiary/aromatic N) is 3. The summed E-state index contributed by atoms with van der Waals surface area (Å²) >= 11 is 1.53. The number of hydrogen-bond donors (Lipinski definition) is 0. The topological polar surface area (TPSA) is 38.7 Å². The summed E-state index contributed by atoms with van der Waals surface area (Å²) in [6, 6.07) is 0. The fourth-order valence-corrected chi connectivity index (χ4v) is 1.22. The molecule has 0 aromatic carbocycles. The molecule has 13 heavy (non-hydrogen) atoms. The predicted octanol–water partition coefficient (Wildman–Crippen LogP) is -0.433. The van der Waals surface area contributed by atoms with Gasteiger partial charge in [0.15, 0.2) is 0 Å². The normalized spacial score (nSPS) is 7.54.